The maximum Gasteiger partial charge on any atom is 0.472 e. The lowest BCUT2D eigenvalue weighted by atomic mass is 10.1. The summed E-state index contributed by atoms with van der Waals surface area (Å²) in [5, 5.41) is 9.75. The summed E-state index contributed by atoms with van der Waals surface area (Å²) in [6.45, 7) is 1.50. The highest BCUT2D eigenvalue weighted by Crippen LogP contribution is 2.44. The van der Waals surface area contributed by atoms with Gasteiger partial charge in [0.05, 0.1) is 32.0 Å². The van der Waals surface area contributed by atoms with Crippen molar-refractivity contribution in [3.63, 3.8) is 0 Å². The van der Waals surface area contributed by atoms with E-state index in [1.54, 1.807) is 0 Å². The number of rotatable bonds is 40. The molecule has 62 heavy (non-hydrogen) atoms. The van der Waals surface area contributed by atoms with Crippen molar-refractivity contribution in [1.29, 1.82) is 0 Å². The highest BCUT2D eigenvalue weighted by Gasteiger charge is 2.36. The lowest BCUT2D eigenvalue weighted by molar-refractivity contribution is -0.161. The fraction of sp³-hybridized carbons (Fsp3) is 0.652. The van der Waals surface area contributed by atoms with Crippen molar-refractivity contribution in [2.24, 2.45) is 0 Å². The normalized spacial score (nSPS) is 18.0. The van der Waals surface area contributed by atoms with Crippen molar-refractivity contribution < 1.29 is 66.3 Å². The molecule has 0 saturated carbocycles. The average molecular weight is 915 g/mol. The maximum atomic E-state index is 12.7. The smallest absolute Gasteiger partial charge is 0.462 e. The van der Waals surface area contributed by atoms with Crippen molar-refractivity contribution in [2.45, 2.75) is 167 Å². The maximum absolute atomic E-state index is 12.7. The fourth-order valence-corrected chi connectivity index (χ4v) is 6.84. The highest BCUT2D eigenvalue weighted by atomic mass is 31.2. The van der Waals surface area contributed by atoms with Gasteiger partial charge >= 0.3 is 27.6 Å². The predicted octanol–water partition coefficient (Wildman–Crippen LogP) is 10.5. The number of esters is 2. The number of ether oxygens (including phenoxy) is 3. The quantitative estimate of drug-likeness (QED) is 0.0148. The molecule has 0 bridgehead atoms. The van der Waals surface area contributed by atoms with Gasteiger partial charge in [-0.1, -0.05) is 131 Å². The van der Waals surface area contributed by atoms with Gasteiger partial charge in [0.25, 0.3) is 0 Å². The van der Waals surface area contributed by atoms with E-state index in [1.165, 1.54) is 19.3 Å². The summed E-state index contributed by atoms with van der Waals surface area (Å²) in [5.74, 6) is -1.16. The molecular formula is C46H76O14P2. The zero-order chi connectivity index (χ0) is 45.6. The SMILES string of the molecule is CC/C=C\CC1OC1C/C=C\C/C=C\C/C=C\C/C=C\CCC(=O)OC[C@H](COP(=O)(O)OC[C@@H](O)COP(=O)(O)O)OC(=O)CCCCCCC/C=C\C/C=C\CCCCC. The summed E-state index contributed by atoms with van der Waals surface area (Å²) >= 11 is 0. The second kappa shape index (κ2) is 37.6. The number of carbonyl (C=O) groups is 2. The minimum absolute atomic E-state index is 0.0591. The first kappa shape index (κ1) is 57.3. The van der Waals surface area contributed by atoms with Crippen LogP contribution in [0.15, 0.2) is 85.1 Å². The number of unbranched alkanes of at least 4 members (excludes halogenated alkanes) is 8. The highest BCUT2D eigenvalue weighted by molar-refractivity contribution is 7.47. The molecule has 0 radical (unpaired) electrons. The molecule has 0 aliphatic carbocycles. The molecule has 3 unspecified atom stereocenters. The van der Waals surface area contributed by atoms with Gasteiger partial charge in [0.1, 0.15) is 12.7 Å². The molecule has 354 valence electrons. The Bertz CT molecular complexity index is 1480. The molecule has 0 spiro atoms. The van der Waals surface area contributed by atoms with Gasteiger partial charge in [-0.05, 0) is 83.5 Å². The van der Waals surface area contributed by atoms with E-state index in [1.807, 2.05) is 18.2 Å². The second-order valence-corrected chi connectivity index (χ2v) is 17.7. The zero-order valence-electron chi connectivity index (χ0n) is 37.1. The number of carbonyl (C=O) groups excluding carboxylic acids is 2. The number of hydrogen-bond acceptors (Lipinski definition) is 11. The Balaban J connectivity index is 2.40. The van der Waals surface area contributed by atoms with Crippen LogP contribution in [0.3, 0.4) is 0 Å². The third kappa shape index (κ3) is 37.8. The van der Waals surface area contributed by atoms with Crippen LogP contribution >= 0.6 is 15.6 Å². The molecule has 5 atom stereocenters. The van der Waals surface area contributed by atoms with Crippen LogP contribution < -0.4 is 0 Å². The van der Waals surface area contributed by atoms with E-state index in [9.17, 15) is 28.7 Å². The molecule has 4 N–H and O–H groups in total. The summed E-state index contributed by atoms with van der Waals surface area (Å²) in [7, 11) is -9.71. The molecule has 0 amide bonds. The van der Waals surface area contributed by atoms with Crippen molar-refractivity contribution in [3.05, 3.63) is 85.1 Å². The van der Waals surface area contributed by atoms with Crippen molar-refractivity contribution in [3.8, 4) is 0 Å². The average Bonchev–Trinajstić information content (AvgIpc) is 3.99. The largest absolute Gasteiger partial charge is 0.472 e. The molecule has 1 aliphatic heterocycles. The number of phosphoric ester groups is 2. The molecule has 1 aliphatic rings. The van der Waals surface area contributed by atoms with E-state index < -0.39 is 66.2 Å². The van der Waals surface area contributed by atoms with Crippen LogP contribution in [0.4, 0.5) is 0 Å². The van der Waals surface area contributed by atoms with Gasteiger partial charge in [-0.25, -0.2) is 9.13 Å². The van der Waals surface area contributed by atoms with E-state index in [-0.39, 0.29) is 12.8 Å². The summed E-state index contributed by atoms with van der Waals surface area (Å²) in [6, 6.07) is 0. The summed E-state index contributed by atoms with van der Waals surface area (Å²) in [6.07, 6.45) is 44.8. The number of phosphoric acid groups is 2. The van der Waals surface area contributed by atoms with Crippen LogP contribution in [-0.4, -0.2) is 82.6 Å². The number of epoxide rings is 1. The minimum atomic E-state index is -4.88. The Morgan fingerprint density at radius 1 is 0.565 bits per heavy atom. The zero-order valence-corrected chi connectivity index (χ0v) is 38.9. The van der Waals surface area contributed by atoms with Crippen LogP contribution in [0.25, 0.3) is 0 Å². The molecule has 1 heterocycles. The fourth-order valence-electron chi connectivity index (χ4n) is 5.68. The third-order valence-corrected chi connectivity index (χ3v) is 10.6. The topological polar surface area (TPSA) is 208 Å². The standard InChI is InChI=1S/C46H76O14P2/c1-3-5-7-8-9-10-11-12-13-14-19-22-25-28-32-36-46(49)59-42(40-58-62(53,54)57-38-41(47)37-56-61(50,51)52)39-55-45(48)35-31-27-24-21-18-16-15-17-20-23-26-30-34-44-43(60-44)33-29-6-4-2/h6,9-10,12-13,16-18,20,24,26-27,29-30,41-44,47H,3-5,7-8,11,14-15,19,21-23,25,28,31-40H2,1-2H3,(H,53,54)(H2,50,51,52)/b10-9-,13-12-,18-16-,20-17-,27-24-,29-6-,30-26-/t41-,42+,43?,44?/m0/s1. The minimum Gasteiger partial charge on any atom is -0.462 e. The molecule has 0 aromatic carbocycles. The van der Waals surface area contributed by atoms with Crippen LogP contribution in [0.5, 0.6) is 0 Å². The van der Waals surface area contributed by atoms with Gasteiger partial charge in [0.15, 0.2) is 6.10 Å². The molecule has 16 heteroatoms. The van der Waals surface area contributed by atoms with Gasteiger partial charge in [-0.2, -0.15) is 0 Å². The molecular weight excluding hydrogens is 838 g/mol. The Morgan fingerprint density at radius 3 is 1.66 bits per heavy atom. The first-order chi connectivity index (χ1) is 29.8. The van der Waals surface area contributed by atoms with Crippen molar-refractivity contribution >= 4 is 27.6 Å². The first-order valence-electron chi connectivity index (χ1n) is 22.4. The number of allylic oxidation sites excluding steroid dienone is 12. The molecule has 0 aromatic rings. The van der Waals surface area contributed by atoms with Crippen LogP contribution in [0.2, 0.25) is 0 Å². The second-order valence-electron chi connectivity index (χ2n) is 15.0. The van der Waals surface area contributed by atoms with Gasteiger partial charge in [-0.3, -0.25) is 23.2 Å². The van der Waals surface area contributed by atoms with E-state index in [4.69, 9.17) is 28.5 Å². The van der Waals surface area contributed by atoms with E-state index >= 15 is 0 Å². The Kier molecular flexibility index (Phi) is 34.8. The van der Waals surface area contributed by atoms with Crippen molar-refractivity contribution in [2.75, 3.05) is 26.4 Å². The Morgan fingerprint density at radius 2 is 1.06 bits per heavy atom. The van der Waals surface area contributed by atoms with Crippen LogP contribution in [-0.2, 0) is 46.5 Å². The molecule has 1 fully saturated rings. The van der Waals surface area contributed by atoms with Gasteiger partial charge < -0.3 is 34.0 Å². The Labute approximate surface area is 371 Å². The number of aliphatic hydroxyl groups is 1. The molecule has 1 saturated heterocycles. The van der Waals surface area contributed by atoms with E-state index in [0.29, 0.717) is 31.5 Å². The summed E-state index contributed by atoms with van der Waals surface area (Å²) < 4.78 is 53.4. The predicted molar refractivity (Wildman–Crippen MR) is 243 cm³/mol. The van der Waals surface area contributed by atoms with Crippen LogP contribution in [0.1, 0.15) is 142 Å². The summed E-state index contributed by atoms with van der Waals surface area (Å²) in [4.78, 5) is 52.7. The summed E-state index contributed by atoms with van der Waals surface area (Å²) in [5.41, 5.74) is 0. The van der Waals surface area contributed by atoms with E-state index in [0.717, 1.165) is 77.0 Å². The Hall–Kier alpha value is -2.74. The van der Waals surface area contributed by atoms with Gasteiger partial charge in [-0.15, -0.1) is 0 Å². The van der Waals surface area contributed by atoms with Crippen LogP contribution in [0, 0.1) is 0 Å². The molecule has 1 rings (SSSR count). The number of aliphatic hydroxyl groups excluding tert-OH is 1. The third-order valence-electron chi connectivity index (χ3n) is 9.17. The lowest BCUT2D eigenvalue weighted by Gasteiger charge is -2.20. The monoisotopic (exact) mass is 914 g/mol. The van der Waals surface area contributed by atoms with Gasteiger partial charge in [0.2, 0.25) is 0 Å². The first-order valence-corrected chi connectivity index (χ1v) is 25.4. The number of hydrogen-bond donors (Lipinski definition) is 4. The van der Waals surface area contributed by atoms with E-state index in [2.05, 4.69) is 89.7 Å². The van der Waals surface area contributed by atoms with Gasteiger partial charge in [0, 0.05) is 12.8 Å². The lowest BCUT2D eigenvalue weighted by Crippen LogP contribution is -2.29. The molecule has 14 nitrogen and oxygen atoms in total. The molecule has 0 aromatic heterocycles. The van der Waals surface area contributed by atoms with Crippen molar-refractivity contribution in [1.82, 2.24) is 0 Å².